The lowest BCUT2D eigenvalue weighted by Crippen LogP contribution is -2.01. The summed E-state index contributed by atoms with van der Waals surface area (Å²) >= 11 is 0. The van der Waals surface area contributed by atoms with Crippen LogP contribution in [0.25, 0.3) is 0 Å². The summed E-state index contributed by atoms with van der Waals surface area (Å²) in [6.45, 7) is 4.10. The van der Waals surface area contributed by atoms with E-state index >= 15 is 0 Å². The maximum absolute atomic E-state index is 11.3. The zero-order chi connectivity index (χ0) is 13.8. The van der Waals surface area contributed by atoms with Gasteiger partial charge in [0.15, 0.2) is 0 Å². The highest BCUT2D eigenvalue weighted by Gasteiger charge is 2.10. The van der Waals surface area contributed by atoms with E-state index in [4.69, 9.17) is 9.26 Å². The molecule has 1 aromatic heterocycles. The summed E-state index contributed by atoms with van der Waals surface area (Å²) in [5.41, 5.74) is 2.26. The van der Waals surface area contributed by atoms with E-state index in [9.17, 15) is 4.79 Å². The topological polar surface area (TPSA) is 61.6 Å². The van der Waals surface area contributed by atoms with Crippen LogP contribution >= 0.6 is 0 Å². The molecule has 0 atom stereocenters. The van der Waals surface area contributed by atoms with Crippen molar-refractivity contribution >= 4 is 5.97 Å². The van der Waals surface area contributed by atoms with Crippen LogP contribution in [0.5, 0.6) is 5.75 Å². The van der Waals surface area contributed by atoms with Gasteiger partial charge in [0.05, 0.1) is 23.9 Å². The number of esters is 1. The molecule has 1 aromatic carbocycles. The Morgan fingerprint density at radius 1 is 1.26 bits per heavy atom. The van der Waals surface area contributed by atoms with Crippen LogP contribution in [0.2, 0.25) is 0 Å². The summed E-state index contributed by atoms with van der Waals surface area (Å²) < 4.78 is 15.3. The van der Waals surface area contributed by atoms with Crippen LogP contribution in [0.15, 0.2) is 28.8 Å². The molecule has 0 aliphatic rings. The fraction of sp³-hybridized carbons (Fsp3) is 0.286. The lowest BCUT2D eigenvalue weighted by molar-refractivity contribution is 0.0600. The van der Waals surface area contributed by atoms with Crippen LogP contribution in [0.4, 0.5) is 0 Å². The molecule has 0 spiro atoms. The number of methoxy groups -OCH3 is 1. The number of nitrogens with zero attached hydrogens (tertiary/aromatic N) is 1. The summed E-state index contributed by atoms with van der Waals surface area (Å²) in [5, 5.41) is 3.86. The van der Waals surface area contributed by atoms with Crippen molar-refractivity contribution in [2.75, 3.05) is 7.11 Å². The Morgan fingerprint density at radius 3 is 2.47 bits per heavy atom. The molecule has 0 N–H and O–H groups in total. The Kier molecular flexibility index (Phi) is 3.85. The first kappa shape index (κ1) is 13.1. The molecular formula is C14H15NO4. The van der Waals surface area contributed by atoms with Gasteiger partial charge in [-0.25, -0.2) is 4.79 Å². The Labute approximate surface area is 111 Å². The predicted octanol–water partition coefficient (Wildman–Crippen LogP) is 2.66. The van der Waals surface area contributed by atoms with E-state index in [1.807, 2.05) is 13.8 Å². The first-order valence-electron chi connectivity index (χ1n) is 5.84. The van der Waals surface area contributed by atoms with E-state index in [-0.39, 0.29) is 5.97 Å². The molecule has 19 heavy (non-hydrogen) atoms. The SMILES string of the molecule is COC(=O)c1ccc(OCc2c(C)noc2C)cc1. The minimum Gasteiger partial charge on any atom is -0.489 e. The van der Waals surface area contributed by atoms with Gasteiger partial charge in [0, 0.05) is 0 Å². The highest BCUT2D eigenvalue weighted by molar-refractivity contribution is 5.89. The first-order valence-corrected chi connectivity index (χ1v) is 5.84. The summed E-state index contributed by atoms with van der Waals surface area (Å²) in [6, 6.07) is 6.78. The predicted molar refractivity (Wildman–Crippen MR) is 68.1 cm³/mol. The number of carbonyl (C=O) groups is 1. The Hall–Kier alpha value is -2.30. The number of rotatable bonds is 4. The van der Waals surface area contributed by atoms with Gasteiger partial charge in [-0.05, 0) is 38.1 Å². The monoisotopic (exact) mass is 261 g/mol. The zero-order valence-corrected chi connectivity index (χ0v) is 11.1. The number of hydrogen-bond acceptors (Lipinski definition) is 5. The Balaban J connectivity index is 2.03. The van der Waals surface area contributed by atoms with Gasteiger partial charge in [-0.3, -0.25) is 0 Å². The van der Waals surface area contributed by atoms with E-state index in [0.29, 0.717) is 17.9 Å². The second-order valence-electron chi connectivity index (χ2n) is 4.11. The highest BCUT2D eigenvalue weighted by atomic mass is 16.5. The minimum atomic E-state index is -0.364. The highest BCUT2D eigenvalue weighted by Crippen LogP contribution is 2.18. The summed E-state index contributed by atoms with van der Waals surface area (Å²) in [6.07, 6.45) is 0. The first-order chi connectivity index (χ1) is 9.11. The summed E-state index contributed by atoms with van der Waals surface area (Å²) in [4.78, 5) is 11.3. The smallest absolute Gasteiger partial charge is 0.337 e. The van der Waals surface area contributed by atoms with Crippen molar-refractivity contribution in [2.45, 2.75) is 20.5 Å². The number of carbonyl (C=O) groups excluding carboxylic acids is 1. The van der Waals surface area contributed by atoms with Crippen LogP contribution in [-0.2, 0) is 11.3 Å². The molecule has 100 valence electrons. The number of aromatic nitrogens is 1. The van der Waals surface area contributed by atoms with Gasteiger partial charge in [0.1, 0.15) is 18.1 Å². The maximum Gasteiger partial charge on any atom is 0.337 e. The number of ether oxygens (including phenoxy) is 2. The molecule has 0 fully saturated rings. The molecule has 1 heterocycles. The number of benzene rings is 1. The molecule has 0 unspecified atom stereocenters. The number of aryl methyl sites for hydroxylation is 2. The van der Waals surface area contributed by atoms with Crippen LogP contribution in [-0.4, -0.2) is 18.2 Å². The van der Waals surface area contributed by atoms with Gasteiger partial charge >= 0.3 is 5.97 Å². The van der Waals surface area contributed by atoms with Crippen LogP contribution in [0.1, 0.15) is 27.4 Å². The van der Waals surface area contributed by atoms with E-state index in [0.717, 1.165) is 17.0 Å². The van der Waals surface area contributed by atoms with Crippen LogP contribution in [0.3, 0.4) is 0 Å². The lowest BCUT2D eigenvalue weighted by Gasteiger charge is -2.06. The Morgan fingerprint density at radius 2 is 1.95 bits per heavy atom. The third kappa shape index (κ3) is 2.93. The van der Waals surface area contributed by atoms with Gasteiger partial charge < -0.3 is 14.0 Å². The largest absolute Gasteiger partial charge is 0.489 e. The zero-order valence-electron chi connectivity index (χ0n) is 11.1. The molecule has 0 amide bonds. The maximum atomic E-state index is 11.3. The van der Waals surface area contributed by atoms with Gasteiger partial charge in [0.2, 0.25) is 0 Å². The second kappa shape index (κ2) is 5.56. The Bertz CT molecular complexity index is 552. The molecular weight excluding hydrogens is 246 g/mol. The summed E-state index contributed by atoms with van der Waals surface area (Å²) in [7, 11) is 1.35. The quantitative estimate of drug-likeness (QED) is 0.792. The van der Waals surface area contributed by atoms with Crippen LogP contribution < -0.4 is 4.74 Å². The van der Waals surface area contributed by atoms with Crippen molar-refractivity contribution in [3.05, 3.63) is 46.8 Å². The van der Waals surface area contributed by atoms with Crippen molar-refractivity contribution in [2.24, 2.45) is 0 Å². The average molecular weight is 261 g/mol. The standard InChI is InChI=1S/C14H15NO4/c1-9-13(10(2)19-15-9)8-18-12-6-4-11(5-7-12)14(16)17-3/h4-7H,8H2,1-3H3. The third-order valence-electron chi connectivity index (χ3n) is 2.84. The van der Waals surface area contributed by atoms with E-state index in [2.05, 4.69) is 9.89 Å². The molecule has 0 saturated carbocycles. The van der Waals surface area contributed by atoms with Crippen molar-refractivity contribution < 1.29 is 18.8 Å². The fourth-order valence-corrected chi connectivity index (χ4v) is 1.67. The molecule has 5 heteroatoms. The van der Waals surface area contributed by atoms with E-state index in [1.165, 1.54) is 7.11 Å². The van der Waals surface area contributed by atoms with Gasteiger partial charge in [-0.1, -0.05) is 5.16 Å². The van der Waals surface area contributed by atoms with Gasteiger partial charge in [-0.15, -0.1) is 0 Å². The van der Waals surface area contributed by atoms with E-state index < -0.39 is 0 Å². The molecule has 0 aliphatic heterocycles. The molecule has 0 bridgehead atoms. The fourth-order valence-electron chi connectivity index (χ4n) is 1.67. The molecule has 2 aromatic rings. The average Bonchev–Trinajstić information content (AvgIpc) is 2.75. The molecule has 2 rings (SSSR count). The summed E-state index contributed by atoms with van der Waals surface area (Å²) in [5.74, 6) is 1.06. The molecule has 0 aliphatic carbocycles. The van der Waals surface area contributed by atoms with Crippen molar-refractivity contribution in [3.63, 3.8) is 0 Å². The minimum absolute atomic E-state index is 0.364. The molecule has 0 saturated heterocycles. The third-order valence-corrected chi connectivity index (χ3v) is 2.84. The molecule has 5 nitrogen and oxygen atoms in total. The molecule has 0 radical (unpaired) electrons. The van der Waals surface area contributed by atoms with Crippen molar-refractivity contribution in [1.29, 1.82) is 0 Å². The van der Waals surface area contributed by atoms with Crippen molar-refractivity contribution in [1.82, 2.24) is 5.16 Å². The normalized spacial score (nSPS) is 10.3. The second-order valence-corrected chi connectivity index (χ2v) is 4.11. The van der Waals surface area contributed by atoms with Crippen LogP contribution in [0, 0.1) is 13.8 Å². The van der Waals surface area contributed by atoms with Crippen molar-refractivity contribution in [3.8, 4) is 5.75 Å². The van der Waals surface area contributed by atoms with Gasteiger partial charge in [-0.2, -0.15) is 0 Å². The van der Waals surface area contributed by atoms with E-state index in [1.54, 1.807) is 24.3 Å². The lowest BCUT2D eigenvalue weighted by atomic mass is 10.2. The van der Waals surface area contributed by atoms with Gasteiger partial charge in [0.25, 0.3) is 0 Å². The number of hydrogen-bond donors (Lipinski definition) is 0.